The fourth-order valence-corrected chi connectivity index (χ4v) is 3.62. The molecule has 0 aliphatic carbocycles. The lowest BCUT2D eigenvalue weighted by Gasteiger charge is -2.03. The van der Waals surface area contributed by atoms with Crippen LogP contribution in [0.5, 0.6) is 0 Å². The first kappa shape index (κ1) is 23.6. The van der Waals surface area contributed by atoms with Crippen molar-refractivity contribution in [2.75, 3.05) is 11.5 Å². The summed E-state index contributed by atoms with van der Waals surface area (Å²) in [6, 6.07) is 0. The van der Waals surface area contributed by atoms with Gasteiger partial charge in [-0.2, -0.15) is 11.8 Å². The molecule has 0 fully saturated rings. The van der Waals surface area contributed by atoms with Crippen LogP contribution in [0.3, 0.4) is 0 Å². The van der Waals surface area contributed by atoms with Crippen molar-refractivity contribution in [3.8, 4) is 0 Å². The summed E-state index contributed by atoms with van der Waals surface area (Å²) in [7, 11) is 0. The molecule has 0 saturated heterocycles. The van der Waals surface area contributed by atoms with E-state index in [0.29, 0.717) is 0 Å². The smallest absolute Gasteiger partial charge is 0.00675 e. The SMILES string of the molecule is CCCCCCCCCCCCSCCCCCCC.N. The lowest BCUT2D eigenvalue weighted by Crippen LogP contribution is -1.86. The molecule has 0 rings (SSSR count). The zero-order chi connectivity index (χ0) is 14.7. The third kappa shape index (κ3) is 22.7. The Labute approximate surface area is 140 Å². The molecule has 0 saturated carbocycles. The summed E-state index contributed by atoms with van der Waals surface area (Å²) in [6.45, 7) is 4.59. The highest BCUT2D eigenvalue weighted by molar-refractivity contribution is 7.99. The van der Waals surface area contributed by atoms with Crippen LogP contribution < -0.4 is 6.15 Å². The summed E-state index contributed by atoms with van der Waals surface area (Å²) < 4.78 is 0. The number of hydrogen-bond donors (Lipinski definition) is 1. The largest absolute Gasteiger partial charge is 0.344 e. The van der Waals surface area contributed by atoms with Crippen molar-refractivity contribution < 1.29 is 0 Å². The van der Waals surface area contributed by atoms with Gasteiger partial charge in [-0.1, -0.05) is 97.3 Å². The first-order valence-corrected chi connectivity index (χ1v) is 10.6. The van der Waals surface area contributed by atoms with E-state index in [2.05, 4.69) is 25.6 Å². The van der Waals surface area contributed by atoms with Crippen molar-refractivity contribution >= 4 is 11.8 Å². The molecular weight excluding hydrogens is 274 g/mol. The van der Waals surface area contributed by atoms with Gasteiger partial charge in [-0.15, -0.1) is 0 Å². The standard InChI is InChI=1S/C19H40S.H3N/c1-3-5-7-9-10-11-12-13-15-17-19-20-18-16-14-8-6-4-2;/h3-19H2,1-2H3;1H3. The molecule has 0 heterocycles. The molecule has 1 nitrogen and oxygen atoms in total. The van der Waals surface area contributed by atoms with Gasteiger partial charge < -0.3 is 6.15 Å². The molecular formula is C19H43NS. The van der Waals surface area contributed by atoms with Gasteiger partial charge in [0.25, 0.3) is 0 Å². The van der Waals surface area contributed by atoms with Crippen LogP contribution in [-0.4, -0.2) is 11.5 Å². The van der Waals surface area contributed by atoms with Crippen LogP contribution in [0.4, 0.5) is 0 Å². The first-order chi connectivity index (χ1) is 9.91. The molecule has 3 N–H and O–H groups in total. The number of rotatable bonds is 17. The van der Waals surface area contributed by atoms with Crippen molar-refractivity contribution in [1.29, 1.82) is 0 Å². The highest BCUT2D eigenvalue weighted by Crippen LogP contribution is 2.14. The number of thioether (sulfide) groups is 1. The Kier molecular flexibility index (Phi) is 25.4. The van der Waals surface area contributed by atoms with Gasteiger partial charge in [0, 0.05) is 0 Å². The molecule has 0 amide bonds. The fourth-order valence-electron chi connectivity index (χ4n) is 2.60. The Bertz CT molecular complexity index is 144. The highest BCUT2D eigenvalue weighted by Gasteiger charge is 1.94. The quantitative estimate of drug-likeness (QED) is 0.278. The molecule has 0 spiro atoms. The maximum absolute atomic E-state index is 2.29. The Morgan fingerprint density at radius 3 is 1.05 bits per heavy atom. The number of hydrogen-bond acceptors (Lipinski definition) is 2. The van der Waals surface area contributed by atoms with Crippen LogP contribution in [0.15, 0.2) is 0 Å². The van der Waals surface area contributed by atoms with E-state index in [4.69, 9.17) is 0 Å². The summed E-state index contributed by atoms with van der Waals surface area (Å²) in [6.07, 6.45) is 21.7. The average Bonchev–Trinajstić information content (AvgIpc) is 2.47. The summed E-state index contributed by atoms with van der Waals surface area (Å²) in [5.74, 6) is 2.81. The summed E-state index contributed by atoms with van der Waals surface area (Å²) >= 11 is 2.19. The normalized spacial score (nSPS) is 10.6. The summed E-state index contributed by atoms with van der Waals surface area (Å²) in [5, 5.41) is 0. The molecule has 130 valence electrons. The Balaban J connectivity index is 0. The van der Waals surface area contributed by atoms with Gasteiger partial charge in [-0.25, -0.2) is 0 Å². The van der Waals surface area contributed by atoms with Gasteiger partial charge >= 0.3 is 0 Å². The second-order valence-electron chi connectivity index (χ2n) is 6.21. The van der Waals surface area contributed by atoms with Crippen LogP contribution in [-0.2, 0) is 0 Å². The average molecular weight is 318 g/mol. The maximum Gasteiger partial charge on any atom is -0.00675 e. The molecule has 0 aromatic carbocycles. The van der Waals surface area contributed by atoms with Crippen molar-refractivity contribution in [2.45, 2.75) is 110 Å². The van der Waals surface area contributed by atoms with Gasteiger partial charge in [0.05, 0.1) is 0 Å². The van der Waals surface area contributed by atoms with Crippen molar-refractivity contribution in [1.82, 2.24) is 6.15 Å². The topological polar surface area (TPSA) is 35.0 Å². The minimum Gasteiger partial charge on any atom is -0.344 e. The third-order valence-corrected chi connectivity index (χ3v) is 5.19. The lowest BCUT2D eigenvalue weighted by atomic mass is 10.1. The van der Waals surface area contributed by atoms with Crippen LogP contribution >= 0.6 is 11.8 Å². The molecule has 0 bridgehead atoms. The predicted molar refractivity (Wildman–Crippen MR) is 103 cm³/mol. The van der Waals surface area contributed by atoms with Crippen LogP contribution in [0, 0.1) is 0 Å². The summed E-state index contributed by atoms with van der Waals surface area (Å²) in [4.78, 5) is 0. The number of unbranched alkanes of at least 4 members (excludes halogenated alkanes) is 13. The molecule has 0 unspecified atom stereocenters. The third-order valence-electron chi connectivity index (χ3n) is 4.03. The Morgan fingerprint density at radius 2 is 0.714 bits per heavy atom. The van der Waals surface area contributed by atoms with E-state index in [1.54, 1.807) is 0 Å². The summed E-state index contributed by atoms with van der Waals surface area (Å²) in [5.41, 5.74) is 0. The molecule has 21 heavy (non-hydrogen) atoms. The molecule has 0 atom stereocenters. The second-order valence-corrected chi connectivity index (χ2v) is 7.43. The Morgan fingerprint density at radius 1 is 0.429 bits per heavy atom. The van der Waals surface area contributed by atoms with E-state index < -0.39 is 0 Å². The zero-order valence-corrected chi connectivity index (χ0v) is 16.0. The van der Waals surface area contributed by atoms with Crippen molar-refractivity contribution in [3.63, 3.8) is 0 Å². The van der Waals surface area contributed by atoms with Crippen molar-refractivity contribution in [3.05, 3.63) is 0 Å². The Hall–Kier alpha value is 0.310. The van der Waals surface area contributed by atoms with Crippen LogP contribution in [0.2, 0.25) is 0 Å². The van der Waals surface area contributed by atoms with E-state index in [-0.39, 0.29) is 6.15 Å². The van der Waals surface area contributed by atoms with Crippen LogP contribution in [0.1, 0.15) is 110 Å². The molecule has 0 aromatic rings. The first-order valence-electron chi connectivity index (χ1n) is 9.49. The second kappa shape index (κ2) is 22.6. The zero-order valence-electron chi connectivity index (χ0n) is 15.1. The molecule has 0 aromatic heterocycles. The van der Waals surface area contributed by atoms with Crippen LogP contribution in [0.25, 0.3) is 0 Å². The maximum atomic E-state index is 2.29. The van der Waals surface area contributed by atoms with E-state index in [9.17, 15) is 0 Å². The van der Waals surface area contributed by atoms with Gasteiger partial charge in [-0.3, -0.25) is 0 Å². The molecule has 0 aliphatic rings. The van der Waals surface area contributed by atoms with Gasteiger partial charge in [0.15, 0.2) is 0 Å². The monoisotopic (exact) mass is 317 g/mol. The molecule has 0 aliphatic heterocycles. The van der Waals surface area contributed by atoms with E-state index in [0.717, 1.165) is 0 Å². The van der Waals surface area contributed by atoms with E-state index >= 15 is 0 Å². The molecule has 2 heteroatoms. The lowest BCUT2D eigenvalue weighted by molar-refractivity contribution is 0.563. The van der Waals surface area contributed by atoms with Gasteiger partial charge in [0.1, 0.15) is 0 Å². The van der Waals surface area contributed by atoms with E-state index in [1.807, 2.05) is 0 Å². The predicted octanol–water partition coefficient (Wildman–Crippen LogP) is 7.77. The van der Waals surface area contributed by atoms with Gasteiger partial charge in [-0.05, 0) is 24.3 Å². The molecule has 0 radical (unpaired) electrons. The van der Waals surface area contributed by atoms with E-state index in [1.165, 1.54) is 108 Å². The minimum atomic E-state index is 0. The minimum absolute atomic E-state index is 0. The highest BCUT2D eigenvalue weighted by atomic mass is 32.2. The van der Waals surface area contributed by atoms with Gasteiger partial charge in [0.2, 0.25) is 0 Å². The van der Waals surface area contributed by atoms with Crippen molar-refractivity contribution in [2.24, 2.45) is 0 Å². The fraction of sp³-hybridized carbons (Fsp3) is 1.00.